The van der Waals surface area contributed by atoms with E-state index in [9.17, 15) is 4.79 Å². The number of nitrogens with zero attached hydrogens (tertiary/aromatic N) is 1. The van der Waals surface area contributed by atoms with Gasteiger partial charge < -0.3 is 10.1 Å². The lowest BCUT2D eigenvalue weighted by Crippen LogP contribution is -2.03. The Morgan fingerprint density at radius 2 is 1.56 bits per heavy atom. The van der Waals surface area contributed by atoms with Crippen LogP contribution in [0.2, 0.25) is 0 Å². The van der Waals surface area contributed by atoms with Crippen molar-refractivity contribution in [2.75, 3.05) is 6.61 Å². The smallest absolute Gasteiger partial charge is 0.188 e. The monoisotopic (exact) mass is 328 g/mol. The number of carbonyl (C=O) groups excluding carboxylic acids is 1. The Hall–Kier alpha value is -3.24. The van der Waals surface area contributed by atoms with E-state index < -0.39 is 6.61 Å². The lowest BCUT2D eigenvalue weighted by atomic mass is 10.0. The van der Waals surface area contributed by atoms with Gasteiger partial charge in [-0.15, -0.1) is 0 Å². The number of aliphatic hydroxyl groups excluding tert-OH is 1. The zero-order valence-electron chi connectivity index (χ0n) is 13.4. The van der Waals surface area contributed by atoms with Gasteiger partial charge in [-0.05, 0) is 29.3 Å². The molecule has 0 aliphatic carbocycles. The van der Waals surface area contributed by atoms with Crippen molar-refractivity contribution in [1.82, 2.24) is 9.97 Å². The number of ketones is 1. The van der Waals surface area contributed by atoms with Crippen LogP contribution in [-0.4, -0.2) is 27.5 Å². The summed E-state index contributed by atoms with van der Waals surface area (Å²) in [6.45, 7) is -0.493. The summed E-state index contributed by atoms with van der Waals surface area (Å²) in [6, 6.07) is 23.6. The van der Waals surface area contributed by atoms with Crippen molar-refractivity contribution in [3.8, 4) is 22.5 Å². The zero-order chi connectivity index (χ0) is 17.2. The summed E-state index contributed by atoms with van der Waals surface area (Å²) in [4.78, 5) is 19.4. The number of hydrogen-bond acceptors (Lipinski definition) is 3. The normalized spacial score (nSPS) is 10.9. The number of aromatic nitrogens is 2. The number of carbonyl (C=O) groups is 1. The van der Waals surface area contributed by atoms with E-state index in [2.05, 4.69) is 34.2 Å². The molecule has 0 bridgehead atoms. The predicted octanol–water partition coefficient (Wildman–Crippen LogP) is 4.07. The van der Waals surface area contributed by atoms with Crippen LogP contribution in [0.1, 0.15) is 10.4 Å². The van der Waals surface area contributed by atoms with Crippen LogP contribution in [0.25, 0.3) is 33.5 Å². The highest BCUT2D eigenvalue weighted by Crippen LogP contribution is 2.25. The lowest BCUT2D eigenvalue weighted by Gasteiger charge is -2.02. The molecular formula is C21H16N2O2. The number of imidazole rings is 1. The van der Waals surface area contributed by atoms with Crippen LogP contribution in [0.15, 0.2) is 72.8 Å². The predicted molar refractivity (Wildman–Crippen MR) is 98.4 cm³/mol. The number of rotatable bonds is 4. The van der Waals surface area contributed by atoms with E-state index >= 15 is 0 Å². The summed E-state index contributed by atoms with van der Waals surface area (Å²) < 4.78 is 0. The highest BCUT2D eigenvalue weighted by atomic mass is 16.3. The summed E-state index contributed by atoms with van der Waals surface area (Å²) >= 11 is 0. The number of H-pyrrole nitrogens is 1. The van der Waals surface area contributed by atoms with Crippen molar-refractivity contribution in [2.45, 2.75) is 0 Å². The highest BCUT2D eigenvalue weighted by molar-refractivity contribution is 5.99. The van der Waals surface area contributed by atoms with Crippen LogP contribution in [0.5, 0.6) is 0 Å². The third kappa shape index (κ3) is 2.95. The molecule has 0 aliphatic heterocycles. The Balaban J connectivity index is 1.68. The molecule has 2 N–H and O–H groups in total. The van der Waals surface area contributed by atoms with Crippen molar-refractivity contribution >= 4 is 16.8 Å². The van der Waals surface area contributed by atoms with Crippen LogP contribution in [0.3, 0.4) is 0 Å². The molecular weight excluding hydrogens is 312 g/mol. The standard InChI is InChI=1S/C21H16N2O2/c24-13-20(25)17-10-11-18-19(12-17)23-21(22-18)16-8-6-15(7-9-16)14-4-2-1-3-5-14/h1-12,24H,13H2,(H,22,23). The molecule has 0 spiro atoms. The maximum absolute atomic E-state index is 11.6. The van der Waals surface area contributed by atoms with Gasteiger partial charge in [0, 0.05) is 11.1 Å². The number of Topliss-reactive ketones (excluding diaryl/α,β-unsaturated/α-hetero) is 1. The summed E-state index contributed by atoms with van der Waals surface area (Å²) in [5, 5.41) is 8.99. The van der Waals surface area contributed by atoms with Crippen molar-refractivity contribution in [3.05, 3.63) is 78.4 Å². The summed E-state index contributed by atoms with van der Waals surface area (Å²) in [6.07, 6.45) is 0. The molecule has 4 rings (SSSR count). The van der Waals surface area contributed by atoms with Gasteiger partial charge in [-0.2, -0.15) is 0 Å². The minimum atomic E-state index is -0.493. The van der Waals surface area contributed by atoms with Gasteiger partial charge >= 0.3 is 0 Å². The molecule has 0 saturated carbocycles. The van der Waals surface area contributed by atoms with Crippen LogP contribution < -0.4 is 0 Å². The average Bonchev–Trinajstić information content (AvgIpc) is 3.11. The van der Waals surface area contributed by atoms with Gasteiger partial charge in [-0.3, -0.25) is 4.79 Å². The molecule has 0 fully saturated rings. The Labute approximate surface area is 144 Å². The second-order valence-electron chi connectivity index (χ2n) is 5.84. The molecule has 1 aromatic heterocycles. The largest absolute Gasteiger partial charge is 0.388 e. The van der Waals surface area contributed by atoms with Crippen molar-refractivity contribution in [2.24, 2.45) is 0 Å². The molecule has 1 heterocycles. The first-order valence-electron chi connectivity index (χ1n) is 8.04. The van der Waals surface area contributed by atoms with Crippen LogP contribution >= 0.6 is 0 Å². The Kier molecular flexibility index (Phi) is 3.88. The van der Waals surface area contributed by atoms with Gasteiger partial charge in [0.2, 0.25) is 0 Å². The maximum Gasteiger partial charge on any atom is 0.188 e. The molecule has 0 saturated heterocycles. The quantitative estimate of drug-likeness (QED) is 0.555. The Bertz CT molecular complexity index is 1030. The molecule has 4 heteroatoms. The Morgan fingerprint density at radius 1 is 0.880 bits per heavy atom. The van der Waals surface area contributed by atoms with Gasteiger partial charge in [0.15, 0.2) is 5.78 Å². The number of nitrogens with one attached hydrogen (secondary N) is 1. The van der Waals surface area contributed by atoms with Gasteiger partial charge in [0.25, 0.3) is 0 Å². The highest BCUT2D eigenvalue weighted by Gasteiger charge is 2.09. The second kappa shape index (κ2) is 6.34. The third-order valence-corrected chi connectivity index (χ3v) is 4.21. The van der Waals surface area contributed by atoms with E-state index in [4.69, 9.17) is 5.11 Å². The van der Waals surface area contributed by atoms with Gasteiger partial charge in [0.05, 0.1) is 11.0 Å². The fraction of sp³-hybridized carbons (Fsp3) is 0.0476. The van der Waals surface area contributed by atoms with Crippen LogP contribution in [-0.2, 0) is 0 Å². The molecule has 0 aliphatic rings. The van der Waals surface area contributed by atoms with Gasteiger partial charge in [-0.25, -0.2) is 4.98 Å². The molecule has 4 nitrogen and oxygen atoms in total. The van der Waals surface area contributed by atoms with E-state index in [0.29, 0.717) is 5.56 Å². The second-order valence-corrected chi connectivity index (χ2v) is 5.84. The van der Waals surface area contributed by atoms with Crippen molar-refractivity contribution in [1.29, 1.82) is 0 Å². The summed E-state index contributed by atoms with van der Waals surface area (Å²) in [7, 11) is 0. The van der Waals surface area contributed by atoms with E-state index in [-0.39, 0.29) is 5.78 Å². The number of benzene rings is 3. The molecule has 0 unspecified atom stereocenters. The first-order chi connectivity index (χ1) is 12.2. The molecule has 4 aromatic rings. The summed E-state index contributed by atoms with van der Waals surface area (Å²) in [5.74, 6) is 0.452. The number of aromatic amines is 1. The molecule has 0 amide bonds. The first-order valence-corrected chi connectivity index (χ1v) is 8.04. The minimum Gasteiger partial charge on any atom is -0.388 e. The molecule has 0 atom stereocenters. The molecule has 0 radical (unpaired) electrons. The van der Waals surface area contributed by atoms with Crippen molar-refractivity contribution in [3.63, 3.8) is 0 Å². The van der Waals surface area contributed by atoms with E-state index in [1.807, 2.05) is 30.3 Å². The topological polar surface area (TPSA) is 66.0 Å². The molecule has 25 heavy (non-hydrogen) atoms. The van der Waals surface area contributed by atoms with Gasteiger partial charge in [-0.1, -0.05) is 54.6 Å². The van der Waals surface area contributed by atoms with E-state index in [1.54, 1.807) is 18.2 Å². The third-order valence-electron chi connectivity index (χ3n) is 4.21. The minimum absolute atomic E-state index is 0.301. The van der Waals surface area contributed by atoms with Gasteiger partial charge in [0.1, 0.15) is 12.4 Å². The van der Waals surface area contributed by atoms with E-state index in [0.717, 1.165) is 28.0 Å². The maximum atomic E-state index is 11.6. The summed E-state index contributed by atoms with van der Waals surface area (Å²) in [5.41, 5.74) is 5.34. The first kappa shape index (κ1) is 15.3. The van der Waals surface area contributed by atoms with Crippen LogP contribution in [0.4, 0.5) is 0 Å². The fourth-order valence-corrected chi connectivity index (χ4v) is 2.86. The number of aliphatic hydroxyl groups is 1. The molecule has 122 valence electrons. The zero-order valence-corrected chi connectivity index (χ0v) is 13.4. The number of fused-ring (bicyclic) bond motifs is 1. The number of hydrogen-bond donors (Lipinski definition) is 2. The average molecular weight is 328 g/mol. The SMILES string of the molecule is O=C(CO)c1ccc2nc(-c3ccc(-c4ccccc4)cc3)[nH]c2c1. The lowest BCUT2D eigenvalue weighted by molar-refractivity contribution is 0.0904. The Morgan fingerprint density at radius 3 is 2.28 bits per heavy atom. The fourth-order valence-electron chi connectivity index (χ4n) is 2.86. The van der Waals surface area contributed by atoms with E-state index in [1.165, 1.54) is 5.56 Å². The molecule has 3 aromatic carbocycles. The van der Waals surface area contributed by atoms with Crippen molar-refractivity contribution < 1.29 is 9.90 Å². The van der Waals surface area contributed by atoms with Crippen LogP contribution in [0, 0.1) is 0 Å².